The van der Waals surface area contributed by atoms with Crippen molar-refractivity contribution in [2.75, 3.05) is 65.6 Å². The number of ether oxygens (including phenoxy) is 2. The van der Waals surface area contributed by atoms with Crippen LogP contribution in [0.5, 0.6) is 0 Å². The molecule has 3 saturated heterocycles. The average molecular weight is 362 g/mol. The van der Waals surface area contributed by atoms with Gasteiger partial charge in [0.15, 0.2) is 0 Å². The smallest absolute Gasteiger partial charge is 0.282 e. The van der Waals surface area contributed by atoms with Crippen molar-refractivity contribution >= 4 is 16.1 Å². The monoisotopic (exact) mass is 362 g/mol. The predicted molar refractivity (Wildman–Crippen MR) is 86.7 cm³/mol. The molecule has 0 aromatic heterocycles. The molecule has 10 heteroatoms. The van der Waals surface area contributed by atoms with Gasteiger partial charge in [-0.1, -0.05) is 0 Å². The molecular formula is C14H26N4O5S. The van der Waals surface area contributed by atoms with Gasteiger partial charge in [0.05, 0.1) is 25.9 Å². The minimum atomic E-state index is -3.46. The fourth-order valence-corrected chi connectivity index (χ4v) is 4.85. The second-order valence-corrected chi connectivity index (χ2v) is 8.18. The van der Waals surface area contributed by atoms with Crippen LogP contribution in [0.2, 0.25) is 0 Å². The van der Waals surface area contributed by atoms with Crippen molar-refractivity contribution in [2.24, 2.45) is 0 Å². The van der Waals surface area contributed by atoms with Gasteiger partial charge in [-0.05, 0) is 6.92 Å². The van der Waals surface area contributed by atoms with E-state index >= 15 is 0 Å². The Labute approximate surface area is 143 Å². The number of hydrogen-bond donors (Lipinski definition) is 1. The summed E-state index contributed by atoms with van der Waals surface area (Å²) in [7, 11) is -3.46. The molecule has 3 heterocycles. The molecule has 24 heavy (non-hydrogen) atoms. The Kier molecular flexibility index (Phi) is 5.73. The Morgan fingerprint density at radius 1 is 1.00 bits per heavy atom. The van der Waals surface area contributed by atoms with E-state index in [0.717, 1.165) is 0 Å². The summed E-state index contributed by atoms with van der Waals surface area (Å²) in [6, 6.07) is -0.346. The summed E-state index contributed by atoms with van der Waals surface area (Å²) in [4.78, 5) is 14.3. The molecule has 3 aliphatic heterocycles. The van der Waals surface area contributed by atoms with Gasteiger partial charge in [0.25, 0.3) is 10.2 Å². The van der Waals surface area contributed by atoms with Crippen LogP contribution in [0, 0.1) is 0 Å². The van der Waals surface area contributed by atoms with E-state index in [2.05, 4.69) is 5.32 Å². The molecule has 1 N–H and O–H groups in total. The molecule has 1 amide bonds. The van der Waals surface area contributed by atoms with E-state index in [-0.39, 0.29) is 18.1 Å². The standard InChI is InChI=1S/C14H26N4O5S/c1-12-13(15-2-9-23-12)14(19)16-3-5-17(6-4-16)24(20,21)18-7-10-22-11-8-18/h12-13,15H,2-11H2,1H3/t12-,13+/m1/s1. The molecule has 3 fully saturated rings. The first-order valence-corrected chi connectivity index (χ1v) is 9.86. The zero-order valence-corrected chi connectivity index (χ0v) is 14.8. The number of nitrogens with zero attached hydrogens (tertiary/aromatic N) is 3. The van der Waals surface area contributed by atoms with Crippen LogP contribution in [0.1, 0.15) is 6.92 Å². The first-order chi connectivity index (χ1) is 11.5. The van der Waals surface area contributed by atoms with Crippen molar-refractivity contribution < 1.29 is 22.7 Å². The van der Waals surface area contributed by atoms with Crippen molar-refractivity contribution in [1.82, 2.24) is 18.8 Å². The number of nitrogens with one attached hydrogen (secondary N) is 1. The molecule has 138 valence electrons. The number of amides is 1. The van der Waals surface area contributed by atoms with Gasteiger partial charge in [-0.3, -0.25) is 4.79 Å². The molecule has 0 saturated carbocycles. The Hall–Kier alpha value is -0.780. The van der Waals surface area contributed by atoms with Crippen LogP contribution in [0.3, 0.4) is 0 Å². The zero-order valence-electron chi connectivity index (χ0n) is 14.0. The van der Waals surface area contributed by atoms with Crippen LogP contribution in [0.25, 0.3) is 0 Å². The third-order valence-corrected chi connectivity index (χ3v) is 6.79. The number of morpholine rings is 2. The van der Waals surface area contributed by atoms with Crippen molar-refractivity contribution in [3.8, 4) is 0 Å². The van der Waals surface area contributed by atoms with Crippen molar-refractivity contribution in [3.63, 3.8) is 0 Å². The molecule has 3 aliphatic rings. The molecule has 0 radical (unpaired) electrons. The normalized spacial score (nSPS) is 31.1. The molecule has 9 nitrogen and oxygen atoms in total. The van der Waals surface area contributed by atoms with Crippen LogP contribution in [-0.2, 0) is 24.5 Å². The van der Waals surface area contributed by atoms with E-state index in [4.69, 9.17) is 9.47 Å². The lowest BCUT2D eigenvalue weighted by atomic mass is 10.1. The summed E-state index contributed by atoms with van der Waals surface area (Å²) in [6.07, 6.45) is -0.165. The summed E-state index contributed by atoms with van der Waals surface area (Å²) < 4.78 is 38.9. The first-order valence-electron chi connectivity index (χ1n) is 8.47. The SMILES string of the molecule is C[C@H]1OCCN[C@@H]1C(=O)N1CCN(S(=O)(=O)N2CCOCC2)CC1. The highest BCUT2D eigenvalue weighted by molar-refractivity contribution is 7.86. The lowest BCUT2D eigenvalue weighted by molar-refractivity contribution is -0.140. The van der Waals surface area contributed by atoms with Crippen LogP contribution in [-0.4, -0.2) is 106 Å². The van der Waals surface area contributed by atoms with Gasteiger partial charge >= 0.3 is 0 Å². The molecular weight excluding hydrogens is 336 g/mol. The van der Waals surface area contributed by atoms with E-state index in [9.17, 15) is 13.2 Å². The number of carbonyl (C=O) groups is 1. The van der Waals surface area contributed by atoms with Crippen molar-refractivity contribution in [2.45, 2.75) is 19.1 Å². The summed E-state index contributed by atoms with van der Waals surface area (Å²) in [5, 5.41) is 3.19. The van der Waals surface area contributed by atoms with Gasteiger partial charge in [-0.15, -0.1) is 0 Å². The van der Waals surface area contributed by atoms with Crippen molar-refractivity contribution in [3.05, 3.63) is 0 Å². The number of hydrogen-bond acceptors (Lipinski definition) is 6. The maximum absolute atomic E-state index is 12.6. The topological polar surface area (TPSA) is 91.4 Å². The first kappa shape index (κ1) is 18.0. The van der Waals surface area contributed by atoms with Crippen molar-refractivity contribution in [1.29, 1.82) is 0 Å². The Balaban J connectivity index is 1.56. The third kappa shape index (κ3) is 3.73. The lowest BCUT2D eigenvalue weighted by Crippen LogP contribution is -2.61. The van der Waals surface area contributed by atoms with Gasteiger partial charge < -0.3 is 19.7 Å². The minimum absolute atomic E-state index is 0.00868. The summed E-state index contributed by atoms with van der Waals surface area (Å²) in [5.74, 6) is -0.00868. The maximum Gasteiger partial charge on any atom is 0.282 e. The van der Waals surface area contributed by atoms with E-state index < -0.39 is 10.2 Å². The van der Waals surface area contributed by atoms with Crippen LogP contribution >= 0.6 is 0 Å². The Morgan fingerprint density at radius 2 is 1.62 bits per heavy atom. The summed E-state index contributed by atoms with van der Waals surface area (Å²) in [5.41, 5.74) is 0. The molecule has 0 aromatic rings. The van der Waals surface area contributed by atoms with Gasteiger partial charge in [-0.2, -0.15) is 17.0 Å². The highest BCUT2D eigenvalue weighted by Gasteiger charge is 2.37. The van der Waals surface area contributed by atoms with E-state index in [0.29, 0.717) is 65.6 Å². The Morgan fingerprint density at radius 3 is 2.25 bits per heavy atom. The third-order valence-electron chi connectivity index (χ3n) is 4.76. The maximum atomic E-state index is 12.6. The van der Waals surface area contributed by atoms with E-state index in [1.54, 1.807) is 4.90 Å². The molecule has 2 atom stereocenters. The molecule has 0 bridgehead atoms. The van der Waals surface area contributed by atoms with Gasteiger partial charge in [0.1, 0.15) is 6.04 Å². The van der Waals surface area contributed by atoms with Crippen LogP contribution in [0.4, 0.5) is 0 Å². The zero-order chi connectivity index (χ0) is 17.2. The number of piperazine rings is 1. The molecule has 3 rings (SSSR count). The minimum Gasteiger partial charge on any atom is -0.379 e. The molecule has 0 aromatic carbocycles. The molecule has 0 unspecified atom stereocenters. The Bertz CT molecular complexity index is 543. The lowest BCUT2D eigenvalue weighted by Gasteiger charge is -2.40. The fraction of sp³-hybridized carbons (Fsp3) is 0.929. The largest absolute Gasteiger partial charge is 0.379 e. The highest BCUT2D eigenvalue weighted by Crippen LogP contribution is 2.16. The van der Waals surface area contributed by atoms with Gasteiger partial charge in [0, 0.05) is 45.8 Å². The van der Waals surface area contributed by atoms with E-state index in [1.165, 1.54) is 8.61 Å². The predicted octanol–water partition coefficient (Wildman–Crippen LogP) is -1.92. The summed E-state index contributed by atoms with van der Waals surface area (Å²) in [6.45, 7) is 6.27. The second kappa shape index (κ2) is 7.63. The van der Waals surface area contributed by atoms with Gasteiger partial charge in [0.2, 0.25) is 5.91 Å². The highest BCUT2D eigenvalue weighted by atomic mass is 32.2. The number of rotatable bonds is 3. The van der Waals surface area contributed by atoms with Gasteiger partial charge in [-0.25, -0.2) is 0 Å². The average Bonchev–Trinajstić information content (AvgIpc) is 2.62. The second-order valence-electron chi connectivity index (χ2n) is 6.25. The fourth-order valence-electron chi connectivity index (χ4n) is 3.29. The molecule has 0 aliphatic carbocycles. The summed E-state index contributed by atoms with van der Waals surface area (Å²) >= 11 is 0. The quantitative estimate of drug-likeness (QED) is 0.630. The van der Waals surface area contributed by atoms with E-state index in [1.807, 2.05) is 6.92 Å². The van der Waals surface area contributed by atoms with Crippen LogP contribution < -0.4 is 5.32 Å². The number of carbonyl (C=O) groups excluding carboxylic acids is 1. The van der Waals surface area contributed by atoms with Crippen LogP contribution in [0.15, 0.2) is 0 Å². The molecule has 0 spiro atoms.